The number of methoxy groups -OCH3 is 1. The van der Waals surface area contributed by atoms with E-state index in [1.54, 1.807) is 25.4 Å². The Bertz CT molecular complexity index is 810. The molecule has 3 heterocycles. The van der Waals surface area contributed by atoms with Crippen LogP contribution in [0.5, 0.6) is 5.75 Å². The fourth-order valence-electron chi connectivity index (χ4n) is 3.54. The average molecular weight is 369 g/mol. The molecular formula is C20H23N3O4. The van der Waals surface area contributed by atoms with Crippen LogP contribution in [0.2, 0.25) is 0 Å². The quantitative estimate of drug-likeness (QED) is 0.893. The molecule has 7 nitrogen and oxygen atoms in total. The first-order chi connectivity index (χ1) is 13.2. The van der Waals surface area contributed by atoms with Crippen LogP contribution in [0.25, 0.3) is 0 Å². The second kappa shape index (κ2) is 7.54. The maximum absolute atomic E-state index is 12.9. The fourth-order valence-corrected chi connectivity index (χ4v) is 3.54. The summed E-state index contributed by atoms with van der Waals surface area (Å²) in [4.78, 5) is 19.1. The minimum atomic E-state index is -0.481. The predicted molar refractivity (Wildman–Crippen MR) is 100 cm³/mol. The van der Waals surface area contributed by atoms with Crippen molar-refractivity contribution in [3.05, 3.63) is 48.2 Å². The lowest BCUT2D eigenvalue weighted by molar-refractivity contribution is -0.181. The van der Waals surface area contributed by atoms with E-state index in [1.165, 1.54) is 0 Å². The maximum Gasteiger partial charge on any atom is 0.254 e. The summed E-state index contributed by atoms with van der Waals surface area (Å²) in [6.45, 7) is 2.51. The summed E-state index contributed by atoms with van der Waals surface area (Å²) in [5, 5.41) is 3.21. The molecule has 0 unspecified atom stereocenters. The summed E-state index contributed by atoms with van der Waals surface area (Å²) < 4.78 is 16.8. The van der Waals surface area contributed by atoms with Crippen molar-refractivity contribution in [3.8, 4) is 5.75 Å². The molecular weight excluding hydrogens is 346 g/mol. The van der Waals surface area contributed by atoms with E-state index in [4.69, 9.17) is 14.2 Å². The fraction of sp³-hybridized carbons (Fsp3) is 0.400. The van der Waals surface area contributed by atoms with Crippen LogP contribution in [0.15, 0.2) is 42.6 Å². The smallest absolute Gasteiger partial charge is 0.254 e. The van der Waals surface area contributed by atoms with Crippen LogP contribution in [0.1, 0.15) is 23.2 Å². The van der Waals surface area contributed by atoms with Gasteiger partial charge in [-0.2, -0.15) is 0 Å². The molecule has 0 aliphatic carbocycles. The Morgan fingerprint density at radius 1 is 1.19 bits per heavy atom. The minimum absolute atomic E-state index is 0.00618. The summed E-state index contributed by atoms with van der Waals surface area (Å²) in [5.41, 5.74) is 1.40. The van der Waals surface area contributed by atoms with Gasteiger partial charge in [-0.15, -0.1) is 0 Å². The van der Waals surface area contributed by atoms with Crippen LogP contribution in [0, 0.1) is 0 Å². The molecule has 2 aliphatic heterocycles. The molecule has 0 radical (unpaired) electrons. The van der Waals surface area contributed by atoms with E-state index in [0.29, 0.717) is 56.3 Å². The van der Waals surface area contributed by atoms with Crippen molar-refractivity contribution in [2.24, 2.45) is 0 Å². The summed E-state index contributed by atoms with van der Waals surface area (Å²) in [6.07, 6.45) is 3.05. The number of nitrogens with zero attached hydrogens (tertiary/aromatic N) is 2. The SMILES string of the molecule is COc1ccccc1Nc1cc(C(=O)N2CCC3(CC2)OCCO3)ccn1. The number of hydrogen-bond acceptors (Lipinski definition) is 6. The number of ether oxygens (including phenoxy) is 3. The van der Waals surface area contributed by atoms with Gasteiger partial charge in [-0.25, -0.2) is 4.98 Å². The summed E-state index contributed by atoms with van der Waals surface area (Å²) in [6, 6.07) is 11.1. The van der Waals surface area contributed by atoms with Gasteiger partial charge in [0.05, 0.1) is 26.0 Å². The molecule has 2 aliphatic rings. The lowest BCUT2D eigenvalue weighted by atomic mass is 10.0. The number of benzene rings is 1. The van der Waals surface area contributed by atoms with Gasteiger partial charge in [-0.1, -0.05) is 12.1 Å². The molecule has 1 aromatic carbocycles. The number of likely N-dealkylation sites (tertiary alicyclic amines) is 1. The van der Waals surface area contributed by atoms with Crippen LogP contribution in [-0.4, -0.2) is 55.0 Å². The summed E-state index contributed by atoms with van der Waals surface area (Å²) in [5.74, 6) is 0.828. The van der Waals surface area contributed by atoms with E-state index in [0.717, 1.165) is 5.69 Å². The molecule has 27 heavy (non-hydrogen) atoms. The van der Waals surface area contributed by atoms with Gasteiger partial charge in [0.25, 0.3) is 5.91 Å². The van der Waals surface area contributed by atoms with Gasteiger partial charge in [-0.05, 0) is 24.3 Å². The maximum atomic E-state index is 12.9. The molecule has 0 bridgehead atoms. The molecule has 0 saturated carbocycles. The zero-order valence-electron chi connectivity index (χ0n) is 15.3. The number of amides is 1. The third kappa shape index (κ3) is 3.74. The predicted octanol–water partition coefficient (Wildman–Crippen LogP) is 2.81. The number of pyridine rings is 1. The van der Waals surface area contributed by atoms with Gasteiger partial charge in [0.2, 0.25) is 0 Å². The van der Waals surface area contributed by atoms with E-state index < -0.39 is 5.79 Å². The van der Waals surface area contributed by atoms with Crippen molar-refractivity contribution in [3.63, 3.8) is 0 Å². The van der Waals surface area contributed by atoms with Gasteiger partial charge in [0.1, 0.15) is 11.6 Å². The lowest BCUT2D eigenvalue weighted by Crippen LogP contribution is -2.47. The Balaban J connectivity index is 1.45. The second-order valence-corrected chi connectivity index (χ2v) is 6.65. The van der Waals surface area contributed by atoms with Crippen molar-refractivity contribution in [1.82, 2.24) is 9.88 Å². The zero-order chi connectivity index (χ0) is 18.7. The third-order valence-corrected chi connectivity index (χ3v) is 5.00. The Morgan fingerprint density at radius 2 is 1.93 bits per heavy atom. The number of rotatable bonds is 4. The zero-order valence-corrected chi connectivity index (χ0v) is 15.3. The highest BCUT2D eigenvalue weighted by Crippen LogP contribution is 2.32. The molecule has 1 amide bonds. The molecule has 2 aromatic rings. The van der Waals surface area contributed by atoms with Gasteiger partial charge in [0.15, 0.2) is 5.79 Å². The molecule has 2 fully saturated rings. The lowest BCUT2D eigenvalue weighted by Gasteiger charge is -2.37. The topological polar surface area (TPSA) is 72.9 Å². The first-order valence-electron chi connectivity index (χ1n) is 9.12. The van der Waals surface area contributed by atoms with Gasteiger partial charge in [-0.3, -0.25) is 4.79 Å². The molecule has 4 rings (SSSR count). The number of nitrogens with one attached hydrogen (secondary N) is 1. The van der Waals surface area contributed by atoms with Crippen LogP contribution < -0.4 is 10.1 Å². The van der Waals surface area contributed by atoms with Crippen molar-refractivity contribution >= 4 is 17.4 Å². The van der Waals surface area contributed by atoms with Crippen LogP contribution >= 0.6 is 0 Å². The van der Waals surface area contributed by atoms with E-state index in [1.807, 2.05) is 29.2 Å². The van der Waals surface area contributed by atoms with E-state index >= 15 is 0 Å². The largest absolute Gasteiger partial charge is 0.495 e. The number of hydrogen-bond donors (Lipinski definition) is 1. The second-order valence-electron chi connectivity index (χ2n) is 6.65. The average Bonchev–Trinajstić information content (AvgIpc) is 3.17. The van der Waals surface area contributed by atoms with Crippen molar-refractivity contribution in [2.75, 3.05) is 38.7 Å². The Labute approximate surface area is 158 Å². The normalized spacial score (nSPS) is 18.5. The summed E-state index contributed by atoms with van der Waals surface area (Å²) in [7, 11) is 1.62. The molecule has 1 N–H and O–H groups in total. The highest BCUT2D eigenvalue weighted by atomic mass is 16.7. The van der Waals surface area contributed by atoms with Gasteiger partial charge >= 0.3 is 0 Å². The first-order valence-corrected chi connectivity index (χ1v) is 9.12. The highest BCUT2D eigenvalue weighted by molar-refractivity contribution is 5.95. The molecule has 1 spiro atoms. The monoisotopic (exact) mass is 369 g/mol. The van der Waals surface area contributed by atoms with E-state index in [2.05, 4.69) is 10.3 Å². The molecule has 2 saturated heterocycles. The molecule has 1 aromatic heterocycles. The van der Waals surface area contributed by atoms with Crippen molar-refractivity contribution < 1.29 is 19.0 Å². The Morgan fingerprint density at radius 3 is 2.67 bits per heavy atom. The Hall–Kier alpha value is -2.64. The first kappa shape index (κ1) is 17.8. The Kier molecular flexibility index (Phi) is 4.96. The van der Waals surface area contributed by atoms with Crippen molar-refractivity contribution in [1.29, 1.82) is 0 Å². The number of carbonyl (C=O) groups is 1. The highest BCUT2D eigenvalue weighted by Gasteiger charge is 2.40. The molecule has 0 atom stereocenters. The minimum Gasteiger partial charge on any atom is -0.495 e. The van der Waals surface area contributed by atoms with E-state index in [-0.39, 0.29) is 5.91 Å². The number of piperidine rings is 1. The van der Waals surface area contributed by atoms with Gasteiger partial charge < -0.3 is 24.4 Å². The third-order valence-electron chi connectivity index (χ3n) is 5.00. The number of aromatic nitrogens is 1. The number of para-hydroxylation sites is 2. The number of anilines is 2. The summed E-state index contributed by atoms with van der Waals surface area (Å²) >= 11 is 0. The van der Waals surface area contributed by atoms with Gasteiger partial charge in [0, 0.05) is 37.7 Å². The number of carbonyl (C=O) groups excluding carboxylic acids is 1. The van der Waals surface area contributed by atoms with Crippen LogP contribution in [0.4, 0.5) is 11.5 Å². The van der Waals surface area contributed by atoms with Crippen LogP contribution in [-0.2, 0) is 9.47 Å². The van der Waals surface area contributed by atoms with E-state index in [9.17, 15) is 4.79 Å². The molecule has 142 valence electrons. The van der Waals surface area contributed by atoms with Crippen molar-refractivity contribution in [2.45, 2.75) is 18.6 Å². The molecule has 7 heteroatoms. The standard InChI is InChI=1S/C20H23N3O4/c1-25-17-5-3-2-4-16(17)22-18-14-15(6-9-21-18)19(24)23-10-7-20(8-11-23)26-12-13-27-20/h2-6,9,14H,7-8,10-13H2,1H3,(H,21,22). The van der Waals surface area contributed by atoms with Crippen LogP contribution in [0.3, 0.4) is 0 Å².